The molecule has 0 saturated heterocycles. The van der Waals surface area contributed by atoms with Gasteiger partial charge in [0.25, 0.3) is 0 Å². The van der Waals surface area contributed by atoms with Crippen LogP contribution >= 0.6 is 0 Å². The van der Waals surface area contributed by atoms with E-state index in [0.29, 0.717) is 6.04 Å². The van der Waals surface area contributed by atoms with Crippen LogP contribution in [0.3, 0.4) is 0 Å². The summed E-state index contributed by atoms with van der Waals surface area (Å²) in [5, 5.41) is 3.62. The quantitative estimate of drug-likeness (QED) is 0.909. The number of aromatic nitrogens is 2. The number of nitrogens with one attached hydrogen (secondary N) is 1. The lowest BCUT2D eigenvalue weighted by Crippen LogP contribution is -2.19. The van der Waals surface area contributed by atoms with Gasteiger partial charge in [0, 0.05) is 24.0 Å². The first-order valence-electron chi connectivity index (χ1n) is 7.01. The van der Waals surface area contributed by atoms with Crippen LogP contribution in [-0.4, -0.2) is 16.5 Å². The van der Waals surface area contributed by atoms with Crippen LogP contribution in [0.2, 0.25) is 0 Å². The zero-order valence-electron chi connectivity index (χ0n) is 11.3. The van der Waals surface area contributed by atoms with Gasteiger partial charge in [0.1, 0.15) is 0 Å². The van der Waals surface area contributed by atoms with Gasteiger partial charge in [-0.2, -0.15) is 0 Å². The first-order chi connectivity index (χ1) is 9.38. The minimum atomic E-state index is 0.533. The third-order valence-electron chi connectivity index (χ3n) is 3.72. The number of hydrogen-bond donors (Lipinski definition) is 1. The van der Waals surface area contributed by atoms with Crippen LogP contribution in [0.1, 0.15) is 36.9 Å². The zero-order chi connectivity index (χ0) is 13.1. The van der Waals surface area contributed by atoms with Gasteiger partial charge < -0.3 is 5.32 Å². The van der Waals surface area contributed by atoms with Crippen molar-refractivity contribution in [2.45, 2.75) is 32.2 Å². The molecule has 1 unspecified atom stereocenters. The second-order valence-electron chi connectivity index (χ2n) is 5.05. The highest BCUT2D eigenvalue weighted by Gasteiger charge is 2.21. The molecule has 1 aromatic heterocycles. The van der Waals surface area contributed by atoms with Crippen molar-refractivity contribution in [3.05, 3.63) is 47.9 Å². The van der Waals surface area contributed by atoms with E-state index >= 15 is 0 Å². The maximum atomic E-state index is 4.36. The van der Waals surface area contributed by atoms with E-state index in [1.165, 1.54) is 29.5 Å². The summed E-state index contributed by atoms with van der Waals surface area (Å²) in [7, 11) is 0. The molecule has 0 radical (unpaired) electrons. The molecule has 0 spiro atoms. The van der Waals surface area contributed by atoms with Gasteiger partial charge in [-0.05, 0) is 43.0 Å². The lowest BCUT2D eigenvalue weighted by atomic mass is 10.0. The Morgan fingerprint density at radius 2 is 2.26 bits per heavy atom. The summed E-state index contributed by atoms with van der Waals surface area (Å²) in [5.41, 5.74) is 5.04. The first-order valence-corrected chi connectivity index (χ1v) is 7.01. The highest BCUT2D eigenvalue weighted by Crippen LogP contribution is 2.33. The van der Waals surface area contributed by atoms with E-state index in [1.54, 1.807) is 12.4 Å². The molecule has 19 heavy (non-hydrogen) atoms. The number of nitrogens with zero attached hydrogens (tertiary/aromatic N) is 2. The number of rotatable bonds is 4. The van der Waals surface area contributed by atoms with E-state index in [4.69, 9.17) is 0 Å². The molecule has 0 aliphatic heterocycles. The Hall–Kier alpha value is -1.74. The van der Waals surface area contributed by atoms with Crippen molar-refractivity contribution in [3.8, 4) is 11.3 Å². The molecule has 1 aromatic carbocycles. The van der Waals surface area contributed by atoms with E-state index in [0.717, 1.165) is 18.7 Å². The van der Waals surface area contributed by atoms with Gasteiger partial charge in [-0.1, -0.05) is 19.1 Å². The van der Waals surface area contributed by atoms with Crippen molar-refractivity contribution in [1.29, 1.82) is 0 Å². The average Bonchev–Trinajstić information content (AvgIpc) is 2.88. The fourth-order valence-electron chi connectivity index (χ4n) is 2.76. The molecule has 3 nitrogen and oxygen atoms in total. The molecule has 98 valence electrons. The fraction of sp³-hybridized carbons (Fsp3) is 0.375. The lowest BCUT2D eigenvalue weighted by molar-refractivity contribution is 0.529. The highest BCUT2D eigenvalue weighted by atomic mass is 14.9. The monoisotopic (exact) mass is 253 g/mol. The van der Waals surface area contributed by atoms with Crippen LogP contribution < -0.4 is 5.32 Å². The van der Waals surface area contributed by atoms with Gasteiger partial charge >= 0.3 is 0 Å². The minimum absolute atomic E-state index is 0.533. The minimum Gasteiger partial charge on any atom is -0.310 e. The van der Waals surface area contributed by atoms with Crippen molar-refractivity contribution < 1.29 is 0 Å². The van der Waals surface area contributed by atoms with E-state index in [9.17, 15) is 0 Å². The molecule has 1 aliphatic rings. The molecule has 0 amide bonds. The lowest BCUT2D eigenvalue weighted by Gasteiger charge is -2.13. The summed E-state index contributed by atoms with van der Waals surface area (Å²) in [6.45, 7) is 3.30. The molecule has 1 heterocycles. The van der Waals surface area contributed by atoms with Crippen LogP contribution in [0, 0.1) is 0 Å². The number of aryl methyl sites for hydroxylation is 1. The predicted octanol–water partition coefficient (Wildman–Crippen LogP) is 3.13. The predicted molar refractivity (Wildman–Crippen MR) is 76.8 cm³/mol. The molecule has 3 rings (SSSR count). The third kappa shape index (κ3) is 2.51. The molecule has 2 aromatic rings. The van der Waals surface area contributed by atoms with Crippen molar-refractivity contribution in [3.63, 3.8) is 0 Å². The van der Waals surface area contributed by atoms with E-state index in [2.05, 4.69) is 40.4 Å². The Kier molecular flexibility index (Phi) is 3.56. The van der Waals surface area contributed by atoms with E-state index in [-0.39, 0.29) is 0 Å². The summed E-state index contributed by atoms with van der Waals surface area (Å²) in [5.74, 6) is 0. The molecule has 0 saturated carbocycles. The average molecular weight is 253 g/mol. The van der Waals surface area contributed by atoms with Gasteiger partial charge in [0.2, 0.25) is 0 Å². The largest absolute Gasteiger partial charge is 0.310 e. The maximum absolute atomic E-state index is 4.36. The van der Waals surface area contributed by atoms with Gasteiger partial charge in [-0.3, -0.25) is 9.97 Å². The van der Waals surface area contributed by atoms with E-state index < -0.39 is 0 Å². The first kappa shape index (κ1) is 12.3. The smallest absolute Gasteiger partial charge is 0.0885 e. The van der Waals surface area contributed by atoms with Gasteiger partial charge in [-0.15, -0.1) is 0 Å². The standard InChI is InChI=1S/C16H19N3/c1-2-7-18-15-6-4-12-10-13(3-5-14(12)15)16-11-17-8-9-19-16/h3,5,8-11,15,18H,2,4,6-7H2,1H3. The Labute approximate surface area is 114 Å². The van der Waals surface area contributed by atoms with Crippen LogP contribution in [0.4, 0.5) is 0 Å². The SMILES string of the molecule is CCCNC1CCc2cc(-c3cnccn3)ccc21. The van der Waals surface area contributed by atoms with Crippen LogP contribution in [0.5, 0.6) is 0 Å². The van der Waals surface area contributed by atoms with Gasteiger partial charge in [0.15, 0.2) is 0 Å². The molecule has 0 bridgehead atoms. The summed E-state index contributed by atoms with van der Waals surface area (Å²) in [6, 6.07) is 7.22. The van der Waals surface area contributed by atoms with Crippen LogP contribution in [0.25, 0.3) is 11.3 Å². The molecule has 1 atom stereocenters. The van der Waals surface area contributed by atoms with Gasteiger partial charge in [-0.25, -0.2) is 0 Å². The number of fused-ring (bicyclic) bond motifs is 1. The Morgan fingerprint density at radius 3 is 3.05 bits per heavy atom. The highest BCUT2D eigenvalue weighted by molar-refractivity contribution is 5.60. The molecule has 1 N–H and O–H groups in total. The van der Waals surface area contributed by atoms with E-state index in [1.807, 2.05) is 6.20 Å². The summed E-state index contributed by atoms with van der Waals surface area (Å²) in [4.78, 5) is 8.50. The zero-order valence-corrected chi connectivity index (χ0v) is 11.3. The number of hydrogen-bond acceptors (Lipinski definition) is 3. The topological polar surface area (TPSA) is 37.8 Å². The Morgan fingerprint density at radius 1 is 1.32 bits per heavy atom. The van der Waals surface area contributed by atoms with Crippen LogP contribution in [0.15, 0.2) is 36.8 Å². The molecular weight excluding hydrogens is 234 g/mol. The van der Waals surface area contributed by atoms with Crippen molar-refractivity contribution in [2.24, 2.45) is 0 Å². The van der Waals surface area contributed by atoms with Crippen molar-refractivity contribution in [1.82, 2.24) is 15.3 Å². The molecule has 0 fully saturated rings. The molecule has 1 aliphatic carbocycles. The number of benzene rings is 1. The maximum Gasteiger partial charge on any atom is 0.0885 e. The van der Waals surface area contributed by atoms with Crippen molar-refractivity contribution in [2.75, 3.05) is 6.54 Å². The fourth-order valence-corrected chi connectivity index (χ4v) is 2.76. The Bertz CT molecular complexity index is 551. The summed E-state index contributed by atoms with van der Waals surface area (Å²) in [6.07, 6.45) is 8.83. The van der Waals surface area contributed by atoms with Gasteiger partial charge in [0.05, 0.1) is 11.9 Å². The summed E-state index contributed by atoms with van der Waals surface area (Å²) < 4.78 is 0. The second kappa shape index (κ2) is 5.49. The normalized spacial score (nSPS) is 17.4. The van der Waals surface area contributed by atoms with Crippen LogP contribution in [-0.2, 0) is 6.42 Å². The molecule has 3 heteroatoms. The molecular formula is C16H19N3. The summed E-state index contributed by atoms with van der Waals surface area (Å²) >= 11 is 0. The second-order valence-corrected chi connectivity index (χ2v) is 5.05. The Balaban J connectivity index is 1.86. The van der Waals surface area contributed by atoms with Crippen molar-refractivity contribution >= 4 is 0 Å². The third-order valence-corrected chi connectivity index (χ3v) is 3.72.